The van der Waals surface area contributed by atoms with Crippen molar-refractivity contribution in [1.82, 2.24) is 9.21 Å². The standard InChI is InChI=1S/C26H29Cl2F3N2O5S/c27-21-13-19(26(29,30)31)14-22(28)24(21)39(36,37)33-10-4-7-20(33)16-38-17-23(34)32-11-8-25(35,9-12-32)15-18-5-2-1-3-6-18/h1-3,5-6,13-14,20,35H,4,7-12,15-17H2. The van der Waals surface area contributed by atoms with Gasteiger partial charge in [0, 0.05) is 32.1 Å². The van der Waals surface area contributed by atoms with Crippen molar-refractivity contribution in [1.29, 1.82) is 0 Å². The molecule has 1 amide bonds. The van der Waals surface area contributed by atoms with E-state index in [0.717, 1.165) is 9.87 Å². The van der Waals surface area contributed by atoms with Crippen LogP contribution in [0.4, 0.5) is 13.2 Å². The van der Waals surface area contributed by atoms with E-state index < -0.39 is 48.3 Å². The first-order chi connectivity index (χ1) is 18.3. The Hall–Kier alpha value is -1.89. The van der Waals surface area contributed by atoms with E-state index in [2.05, 4.69) is 0 Å². The summed E-state index contributed by atoms with van der Waals surface area (Å²) < 4.78 is 72.5. The van der Waals surface area contributed by atoms with E-state index in [9.17, 15) is 31.5 Å². The zero-order valence-corrected chi connectivity index (χ0v) is 23.3. The van der Waals surface area contributed by atoms with Crippen LogP contribution in [0.1, 0.15) is 36.8 Å². The van der Waals surface area contributed by atoms with Gasteiger partial charge in [0.05, 0.1) is 27.8 Å². The molecule has 0 aromatic heterocycles. The SMILES string of the molecule is O=C(COCC1CCCN1S(=O)(=O)c1c(Cl)cc(C(F)(F)F)cc1Cl)N1CCC(O)(Cc2ccccc2)CC1. The minimum absolute atomic E-state index is 0.0768. The summed E-state index contributed by atoms with van der Waals surface area (Å²) in [5.41, 5.74) is -1.01. The minimum Gasteiger partial charge on any atom is -0.389 e. The molecule has 214 valence electrons. The maximum atomic E-state index is 13.3. The van der Waals surface area contributed by atoms with Crippen LogP contribution in [0.2, 0.25) is 10.0 Å². The largest absolute Gasteiger partial charge is 0.416 e. The van der Waals surface area contributed by atoms with Crippen LogP contribution in [0.15, 0.2) is 47.4 Å². The molecule has 13 heteroatoms. The molecule has 2 heterocycles. The topological polar surface area (TPSA) is 87.2 Å². The molecule has 2 saturated heterocycles. The van der Waals surface area contributed by atoms with Crippen LogP contribution in [-0.4, -0.2) is 73.1 Å². The summed E-state index contributed by atoms with van der Waals surface area (Å²) in [7, 11) is -4.32. The zero-order valence-electron chi connectivity index (χ0n) is 21.0. The van der Waals surface area contributed by atoms with Crippen molar-refractivity contribution in [2.45, 2.75) is 54.8 Å². The first-order valence-corrected chi connectivity index (χ1v) is 14.7. The highest BCUT2D eigenvalue weighted by atomic mass is 35.5. The summed E-state index contributed by atoms with van der Waals surface area (Å²) >= 11 is 11.9. The fourth-order valence-electron chi connectivity index (χ4n) is 5.08. The van der Waals surface area contributed by atoms with E-state index in [4.69, 9.17) is 27.9 Å². The molecule has 2 aromatic carbocycles. The van der Waals surface area contributed by atoms with Gasteiger partial charge in [0.2, 0.25) is 15.9 Å². The second kappa shape index (κ2) is 11.9. The van der Waals surface area contributed by atoms with Crippen molar-refractivity contribution in [3.05, 3.63) is 63.6 Å². The molecule has 2 fully saturated rings. The molecule has 0 bridgehead atoms. The number of aliphatic hydroxyl groups is 1. The molecule has 0 spiro atoms. The Morgan fingerprint density at radius 2 is 1.69 bits per heavy atom. The molecule has 2 aliphatic rings. The number of amides is 1. The minimum atomic E-state index is -4.74. The number of piperidine rings is 1. The highest BCUT2D eigenvalue weighted by Crippen LogP contribution is 2.40. The number of ether oxygens (including phenoxy) is 1. The van der Waals surface area contributed by atoms with Crippen LogP contribution in [-0.2, 0) is 32.2 Å². The summed E-state index contributed by atoms with van der Waals surface area (Å²) in [6.07, 6.45) is -2.43. The van der Waals surface area contributed by atoms with Crippen molar-refractivity contribution in [3.8, 4) is 0 Å². The highest BCUT2D eigenvalue weighted by Gasteiger charge is 2.40. The Kier molecular flexibility index (Phi) is 9.19. The number of hydrogen-bond donors (Lipinski definition) is 1. The average Bonchev–Trinajstić information content (AvgIpc) is 3.33. The predicted octanol–water partition coefficient (Wildman–Crippen LogP) is 4.78. The van der Waals surface area contributed by atoms with Crippen LogP contribution in [0.5, 0.6) is 0 Å². The fraction of sp³-hybridized carbons (Fsp3) is 0.500. The van der Waals surface area contributed by atoms with E-state index in [1.165, 1.54) is 0 Å². The molecule has 0 aliphatic carbocycles. The van der Waals surface area contributed by atoms with Gasteiger partial charge in [0.25, 0.3) is 0 Å². The van der Waals surface area contributed by atoms with Crippen LogP contribution in [0.25, 0.3) is 0 Å². The van der Waals surface area contributed by atoms with Gasteiger partial charge < -0.3 is 14.7 Å². The molecule has 39 heavy (non-hydrogen) atoms. The Balaban J connectivity index is 1.32. The molecule has 2 aliphatic heterocycles. The van der Waals surface area contributed by atoms with Crippen molar-refractivity contribution < 1.29 is 36.2 Å². The number of carbonyl (C=O) groups is 1. The van der Waals surface area contributed by atoms with Crippen LogP contribution in [0.3, 0.4) is 0 Å². The number of halogens is 5. The third kappa shape index (κ3) is 7.07. The number of rotatable bonds is 8. The highest BCUT2D eigenvalue weighted by molar-refractivity contribution is 7.89. The number of alkyl halides is 3. The summed E-state index contributed by atoms with van der Waals surface area (Å²) in [5.74, 6) is -0.266. The number of likely N-dealkylation sites (tertiary alicyclic amines) is 1. The van der Waals surface area contributed by atoms with Gasteiger partial charge in [-0.3, -0.25) is 4.79 Å². The van der Waals surface area contributed by atoms with Crippen molar-refractivity contribution in [2.24, 2.45) is 0 Å². The molecule has 1 atom stereocenters. The van der Waals surface area contributed by atoms with Crippen LogP contribution < -0.4 is 0 Å². The fourth-order valence-corrected chi connectivity index (χ4v) is 7.92. The summed E-state index contributed by atoms with van der Waals surface area (Å²) in [6, 6.07) is 10.1. The predicted molar refractivity (Wildman–Crippen MR) is 140 cm³/mol. The van der Waals surface area contributed by atoms with Crippen molar-refractivity contribution in [2.75, 3.05) is 32.8 Å². The Morgan fingerprint density at radius 1 is 1.08 bits per heavy atom. The lowest BCUT2D eigenvalue weighted by Crippen LogP contribution is -2.48. The first kappa shape index (κ1) is 30.1. The van der Waals surface area contributed by atoms with E-state index in [0.29, 0.717) is 57.3 Å². The Morgan fingerprint density at radius 3 is 2.28 bits per heavy atom. The van der Waals surface area contributed by atoms with E-state index in [1.807, 2.05) is 30.3 Å². The summed E-state index contributed by atoms with van der Waals surface area (Å²) in [4.78, 5) is 13.7. The number of sulfonamides is 1. The third-order valence-corrected chi connectivity index (χ3v) is 10.0. The molecule has 4 rings (SSSR count). The lowest BCUT2D eigenvalue weighted by molar-refractivity contribution is -0.140. The quantitative estimate of drug-likeness (QED) is 0.466. The second-order valence-electron chi connectivity index (χ2n) is 9.96. The van der Waals surface area contributed by atoms with Gasteiger partial charge in [-0.05, 0) is 43.4 Å². The van der Waals surface area contributed by atoms with Gasteiger partial charge in [0.15, 0.2) is 0 Å². The normalized spacial score (nSPS) is 20.4. The van der Waals surface area contributed by atoms with Gasteiger partial charge in [0.1, 0.15) is 11.5 Å². The first-order valence-electron chi connectivity index (χ1n) is 12.5. The lowest BCUT2D eigenvalue weighted by Gasteiger charge is -2.38. The average molecular weight is 609 g/mol. The zero-order chi connectivity index (χ0) is 28.4. The molecule has 7 nitrogen and oxygen atoms in total. The van der Waals surface area contributed by atoms with Gasteiger partial charge in [-0.1, -0.05) is 53.5 Å². The third-order valence-electron chi connectivity index (χ3n) is 7.17. The maximum Gasteiger partial charge on any atom is 0.416 e. The van der Waals surface area contributed by atoms with Crippen molar-refractivity contribution >= 4 is 39.1 Å². The van der Waals surface area contributed by atoms with Gasteiger partial charge in [-0.2, -0.15) is 17.5 Å². The molecular formula is C26H29Cl2F3N2O5S. The molecule has 2 aromatic rings. The maximum absolute atomic E-state index is 13.3. The monoisotopic (exact) mass is 608 g/mol. The number of nitrogens with zero attached hydrogens (tertiary/aromatic N) is 2. The summed E-state index contributed by atoms with van der Waals surface area (Å²) in [5, 5.41) is 9.70. The smallest absolute Gasteiger partial charge is 0.389 e. The van der Waals surface area contributed by atoms with E-state index in [-0.39, 0.29) is 25.7 Å². The number of hydrogen-bond acceptors (Lipinski definition) is 5. The van der Waals surface area contributed by atoms with Crippen molar-refractivity contribution in [3.63, 3.8) is 0 Å². The Labute approximate surface area is 235 Å². The molecule has 1 unspecified atom stereocenters. The molecular weight excluding hydrogens is 580 g/mol. The van der Waals surface area contributed by atoms with Gasteiger partial charge in [-0.15, -0.1) is 0 Å². The number of benzene rings is 2. The van der Waals surface area contributed by atoms with Gasteiger partial charge >= 0.3 is 6.18 Å². The lowest BCUT2D eigenvalue weighted by atomic mass is 9.85. The van der Waals surface area contributed by atoms with Crippen LogP contribution in [0, 0.1) is 0 Å². The van der Waals surface area contributed by atoms with E-state index >= 15 is 0 Å². The van der Waals surface area contributed by atoms with Gasteiger partial charge in [-0.25, -0.2) is 8.42 Å². The molecule has 0 radical (unpaired) electrons. The second-order valence-corrected chi connectivity index (χ2v) is 12.6. The summed E-state index contributed by atoms with van der Waals surface area (Å²) in [6.45, 7) is 0.529. The molecule has 1 N–H and O–H groups in total. The van der Waals surface area contributed by atoms with Crippen LogP contribution >= 0.6 is 23.2 Å². The number of carbonyl (C=O) groups excluding carboxylic acids is 1. The van der Waals surface area contributed by atoms with E-state index in [1.54, 1.807) is 4.90 Å². The Bertz CT molecular complexity index is 1260. The molecule has 0 saturated carbocycles.